The third kappa shape index (κ3) is 4.25. The van der Waals surface area contributed by atoms with Gasteiger partial charge in [0, 0.05) is 24.2 Å². The minimum absolute atomic E-state index is 0.121. The predicted molar refractivity (Wildman–Crippen MR) is 113 cm³/mol. The van der Waals surface area contributed by atoms with Gasteiger partial charge in [-0.3, -0.25) is 14.7 Å². The lowest BCUT2D eigenvalue weighted by Gasteiger charge is -2.01. The molecule has 6 nitrogen and oxygen atoms in total. The highest BCUT2D eigenvalue weighted by molar-refractivity contribution is 7.16. The molecule has 0 spiro atoms. The van der Waals surface area contributed by atoms with Crippen molar-refractivity contribution in [2.45, 2.75) is 47.0 Å². The lowest BCUT2D eigenvalue weighted by atomic mass is 10.0. The number of amides is 1. The molecule has 3 aromatic rings. The smallest absolute Gasteiger partial charge is 0.277 e. The van der Waals surface area contributed by atoms with Gasteiger partial charge in [-0.1, -0.05) is 54.5 Å². The largest absolute Gasteiger partial charge is 0.351 e. The van der Waals surface area contributed by atoms with Crippen molar-refractivity contribution in [1.29, 1.82) is 0 Å². The number of aromatic amines is 1. The van der Waals surface area contributed by atoms with Crippen molar-refractivity contribution in [1.82, 2.24) is 20.1 Å². The second-order valence-electron chi connectivity index (χ2n) is 7.04. The number of nitrogens with one attached hydrogen (secondary N) is 2. The topological polar surface area (TPSA) is 79.8 Å². The van der Waals surface area contributed by atoms with Crippen molar-refractivity contribution in [3.05, 3.63) is 67.6 Å². The van der Waals surface area contributed by atoms with Gasteiger partial charge in [-0.15, -0.1) is 0 Å². The van der Waals surface area contributed by atoms with Crippen LogP contribution in [0.5, 0.6) is 0 Å². The zero-order valence-electron chi connectivity index (χ0n) is 16.8. The molecule has 0 radical (unpaired) electrons. The Hall–Kier alpha value is -2.67. The summed E-state index contributed by atoms with van der Waals surface area (Å²) in [5, 5.41) is 6.51. The van der Waals surface area contributed by atoms with Crippen molar-refractivity contribution in [2.24, 2.45) is 0 Å². The standard InChI is InChI=1S/C21H26N4O2S/c1-5-6-11-22-19(26)18-15(4)23-21(28-18)25-20(27)17(14(3)24-25)12-16-9-7-13(2)8-10-16/h7-10,24H,5-6,11-12H2,1-4H3,(H,22,26). The van der Waals surface area contributed by atoms with Crippen molar-refractivity contribution >= 4 is 17.2 Å². The number of nitrogens with zero attached hydrogens (tertiary/aromatic N) is 2. The van der Waals surface area contributed by atoms with E-state index in [1.54, 1.807) is 6.92 Å². The van der Waals surface area contributed by atoms with Crippen molar-refractivity contribution < 1.29 is 4.79 Å². The summed E-state index contributed by atoms with van der Waals surface area (Å²) in [6.07, 6.45) is 2.52. The van der Waals surface area contributed by atoms with Crippen LogP contribution >= 0.6 is 11.3 Å². The maximum absolute atomic E-state index is 13.0. The van der Waals surface area contributed by atoms with E-state index in [-0.39, 0.29) is 11.5 Å². The van der Waals surface area contributed by atoms with Gasteiger partial charge in [0.1, 0.15) is 4.88 Å². The number of benzene rings is 1. The van der Waals surface area contributed by atoms with E-state index >= 15 is 0 Å². The summed E-state index contributed by atoms with van der Waals surface area (Å²) in [6.45, 7) is 8.45. The SMILES string of the molecule is CCCCNC(=O)c1sc(-n2[nH]c(C)c(Cc3ccc(C)cc3)c2=O)nc1C. The number of rotatable bonds is 7. The molecule has 0 aliphatic rings. The van der Waals surface area contributed by atoms with E-state index < -0.39 is 0 Å². The Morgan fingerprint density at radius 3 is 2.61 bits per heavy atom. The van der Waals surface area contributed by atoms with E-state index in [4.69, 9.17) is 0 Å². The summed E-state index contributed by atoms with van der Waals surface area (Å²) in [6, 6.07) is 8.17. The Morgan fingerprint density at radius 2 is 1.93 bits per heavy atom. The summed E-state index contributed by atoms with van der Waals surface area (Å²) >= 11 is 1.23. The molecule has 0 aliphatic carbocycles. The van der Waals surface area contributed by atoms with Gasteiger partial charge in [0.25, 0.3) is 11.5 Å². The quantitative estimate of drug-likeness (QED) is 0.596. The molecule has 3 rings (SSSR count). The van der Waals surface area contributed by atoms with Crippen LogP contribution in [0.2, 0.25) is 0 Å². The molecule has 0 unspecified atom stereocenters. The molecule has 7 heteroatoms. The molecule has 28 heavy (non-hydrogen) atoms. The highest BCUT2D eigenvalue weighted by atomic mass is 32.1. The monoisotopic (exact) mass is 398 g/mol. The van der Waals surface area contributed by atoms with Crippen LogP contribution in [-0.2, 0) is 6.42 Å². The molecule has 2 N–H and O–H groups in total. The second-order valence-corrected chi connectivity index (χ2v) is 8.02. The highest BCUT2D eigenvalue weighted by Gasteiger charge is 2.19. The number of carbonyl (C=O) groups excluding carboxylic acids is 1. The van der Waals surface area contributed by atoms with E-state index in [1.807, 2.05) is 38.1 Å². The third-order valence-corrected chi connectivity index (χ3v) is 5.84. The Balaban J connectivity index is 1.87. The summed E-state index contributed by atoms with van der Waals surface area (Å²) < 4.78 is 1.44. The van der Waals surface area contributed by atoms with Gasteiger partial charge in [-0.25, -0.2) is 4.98 Å². The number of aromatic nitrogens is 3. The van der Waals surface area contributed by atoms with Crippen LogP contribution in [-0.4, -0.2) is 27.2 Å². The normalized spacial score (nSPS) is 11.0. The highest BCUT2D eigenvalue weighted by Crippen LogP contribution is 2.21. The number of thiazole rings is 1. The first-order chi connectivity index (χ1) is 13.4. The first-order valence-electron chi connectivity index (χ1n) is 9.52. The first-order valence-corrected chi connectivity index (χ1v) is 10.3. The molecular weight excluding hydrogens is 372 g/mol. The molecule has 2 heterocycles. The van der Waals surface area contributed by atoms with E-state index in [2.05, 4.69) is 22.3 Å². The molecule has 1 aromatic carbocycles. The molecule has 0 atom stereocenters. The molecule has 0 bridgehead atoms. The van der Waals surface area contributed by atoms with Crippen LogP contribution in [0.25, 0.3) is 5.13 Å². The maximum atomic E-state index is 13.0. The van der Waals surface area contributed by atoms with Crippen LogP contribution in [0.4, 0.5) is 0 Å². The zero-order chi connectivity index (χ0) is 20.3. The Morgan fingerprint density at radius 1 is 1.21 bits per heavy atom. The fourth-order valence-corrected chi connectivity index (χ4v) is 3.92. The Bertz CT molecular complexity index is 1030. The van der Waals surface area contributed by atoms with Crippen molar-refractivity contribution in [3.63, 3.8) is 0 Å². The minimum atomic E-state index is -0.133. The number of carbonyl (C=O) groups is 1. The van der Waals surface area contributed by atoms with Gasteiger partial charge < -0.3 is 5.32 Å². The summed E-state index contributed by atoms with van der Waals surface area (Å²) in [5.41, 5.74) is 4.31. The summed E-state index contributed by atoms with van der Waals surface area (Å²) in [7, 11) is 0. The minimum Gasteiger partial charge on any atom is -0.351 e. The van der Waals surface area contributed by atoms with Gasteiger partial charge in [0.2, 0.25) is 5.13 Å². The zero-order valence-corrected chi connectivity index (χ0v) is 17.6. The number of aryl methyl sites for hydroxylation is 3. The maximum Gasteiger partial charge on any atom is 0.277 e. The average Bonchev–Trinajstić information content (AvgIpc) is 3.18. The van der Waals surface area contributed by atoms with E-state index in [9.17, 15) is 9.59 Å². The predicted octanol–water partition coefficient (Wildman–Crippen LogP) is 3.67. The molecule has 0 fully saturated rings. The lowest BCUT2D eigenvalue weighted by Crippen LogP contribution is -2.24. The van der Waals surface area contributed by atoms with E-state index in [0.29, 0.717) is 34.2 Å². The molecule has 148 valence electrons. The van der Waals surface area contributed by atoms with Crippen LogP contribution in [0, 0.1) is 20.8 Å². The van der Waals surface area contributed by atoms with E-state index in [0.717, 1.165) is 24.1 Å². The van der Waals surface area contributed by atoms with Gasteiger partial charge >= 0.3 is 0 Å². The van der Waals surface area contributed by atoms with Gasteiger partial charge in [-0.05, 0) is 32.8 Å². The molecule has 0 saturated heterocycles. The van der Waals surface area contributed by atoms with Gasteiger partial charge in [0.15, 0.2) is 0 Å². The number of hydrogen-bond donors (Lipinski definition) is 2. The van der Waals surface area contributed by atoms with Crippen molar-refractivity contribution in [3.8, 4) is 5.13 Å². The summed E-state index contributed by atoms with van der Waals surface area (Å²) in [5.74, 6) is -0.133. The fourth-order valence-electron chi connectivity index (χ4n) is 2.98. The van der Waals surface area contributed by atoms with Crippen LogP contribution in [0.1, 0.15) is 57.5 Å². The fraction of sp³-hybridized carbons (Fsp3) is 0.381. The van der Waals surface area contributed by atoms with Crippen LogP contribution in [0.15, 0.2) is 29.1 Å². The second kappa shape index (κ2) is 8.56. The number of hydrogen-bond acceptors (Lipinski definition) is 4. The molecular formula is C21H26N4O2S. The Labute approximate surface area is 168 Å². The number of H-pyrrole nitrogens is 1. The number of unbranched alkanes of at least 4 members (excludes halogenated alkanes) is 1. The average molecular weight is 399 g/mol. The van der Waals surface area contributed by atoms with Crippen molar-refractivity contribution in [2.75, 3.05) is 6.54 Å². The molecule has 2 aromatic heterocycles. The molecule has 1 amide bonds. The van der Waals surface area contributed by atoms with Crippen LogP contribution < -0.4 is 10.9 Å². The van der Waals surface area contributed by atoms with Crippen LogP contribution in [0.3, 0.4) is 0 Å². The summed E-state index contributed by atoms with van der Waals surface area (Å²) in [4.78, 5) is 30.3. The third-order valence-electron chi connectivity index (χ3n) is 4.69. The van der Waals surface area contributed by atoms with Gasteiger partial charge in [-0.2, -0.15) is 4.68 Å². The molecule has 0 aliphatic heterocycles. The van der Waals surface area contributed by atoms with Gasteiger partial charge in [0.05, 0.1) is 5.69 Å². The molecule has 0 saturated carbocycles. The lowest BCUT2D eigenvalue weighted by molar-refractivity contribution is 0.0956. The Kier molecular flexibility index (Phi) is 6.14. The van der Waals surface area contributed by atoms with E-state index in [1.165, 1.54) is 21.6 Å². The first kappa shape index (κ1) is 20.1.